The van der Waals surface area contributed by atoms with Crippen molar-refractivity contribution in [3.05, 3.63) is 59.5 Å². The van der Waals surface area contributed by atoms with Gasteiger partial charge in [-0.25, -0.2) is 9.37 Å². The molecule has 0 fully saturated rings. The summed E-state index contributed by atoms with van der Waals surface area (Å²) in [6, 6.07) is 8.77. The highest BCUT2D eigenvalue weighted by molar-refractivity contribution is 5.99. The molecule has 3 rings (SSSR count). The Balaban J connectivity index is 1.56. The number of aromatic nitrogens is 1. The first-order chi connectivity index (χ1) is 12.0. The van der Waals surface area contributed by atoms with Gasteiger partial charge in [0.25, 0.3) is 0 Å². The van der Waals surface area contributed by atoms with Crippen LogP contribution in [0.2, 0.25) is 0 Å². The third kappa shape index (κ3) is 4.19. The lowest BCUT2D eigenvalue weighted by molar-refractivity contribution is -0.126. The molecule has 1 unspecified atom stereocenters. The number of rotatable bonds is 5. The van der Waals surface area contributed by atoms with E-state index in [4.69, 9.17) is 5.73 Å². The van der Waals surface area contributed by atoms with E-state index < -0.39 is 12.1 Å². The minimum absolute atomic E-state index is 0.0119. The Morgan fingerprint density at radius 1 is 1.36 bits per heavy atom. The van der Waals surface area contributed by atoms with E-state index in [2.05, 4.69) is 15.6 Å². The Morgan fingerprint density at radius 3 is 2.96 bits per heavy atom. The number of nitrogens with zero attached hydrogens (tertiary/aromatic N) is 1. The van der Waals surface area contributed by atoms with Gasteiger partial charge in [-0.2, -0.15) is 0 Å². The van der Waals surface area contributed by atoms with Crippen LogP contribution in [0.1, 0.15) is 17.5 Å². The Hall–Kier alpha value is -2.80. The summed E-state index contributed by atoms with van der Waals surface area (Å²) in [5, 5.41) is 5.36. The van der Waals surface area contributed by atoms with Gasteiger partial charge >= 0.3 is 0 Å². The van der Waals surface area contributed by atoms with Gasteiger partial charge < -0.3 is 16.4 Å². The highest BCUT2D eigenvalue weighted by atomic mass is 19.1. The van der Waals surface area contributed by atoms with Crippen LogP contribution in [0.5, 0.6) is 0 Å². The quantitative estimate of drug-likeness (QED) is 0.759. The monoisotopic (exact) mass is 342 g/mol. The zero-order chi connectivity index (χ0) is 17.8. The lowest BCUT2D eigenvalue weighted by Gasteiger charge is -2.25. The SMILES string of the molecule is N[C@@H](CC(=O)NC1Cc2cccnc2NC1=O)Cc1ccccc1F. The molecule has 2 atom stereocenters. The molecule has 1 aliphatic heterocycles. The van der Waals surface area contributed by atoms with E-state index in [1.54, 1.807) is 30.5 Å². The number of fused-ring (bicyclic) bond motifs is 1. The Bertz CT molecular complexity index is 796. The van der Waals surface area contributed by atoms with E-state index in [0.29, 0.717) is 17.8 Å². The number of carbonyl (C=O) groups is 2. The number of nitrogens with one attached hydrogen (secondary N) is 2. The second kappa shape index (κ2) is 7.40. The van der Waals surface area contributed by atoms with Gasteiger partial charge in [-0.15, -0.1) is 0 Å². The Kier molecular flexibility index (Phi) is 5.04. The summed E-state index contributed by atoms with van der Waals surface area (Å²) in [7, 11) is 0. The number of hydrogen-bond acceptors (Lipinski definition) is 4. The summed E-state index contributed by atoms with van der Waals surface area (Å²) < 4.78 is 13.6. The van der Waals surface area contributed by atoms with Crippen LogP contribution in [0.15, 0.2) is 42.6 Å². The highest BCUT2D eigenvalue weighted by Crippen LogP contribution is 2.19. The standard InChI is InChI=1S/C18H19FN4O2/c19-14-6-2-1-4-11(14)8-13(20)10-16(24)22-15-9-12-5-3-7-21-17(12)23-18(15)25/h1-7,13,15H,8-10,20H2,(H,22,24)(H,21,23,25)/t13-,15?/m1/s1. The van der Waals surface area contributed by atoms with Crippen molar-refractivity contribution in [3.8, 4) is 0 Å². The van der Waals surface area contributed by atoms with E-state index in [9.17, 15) is 14.0 Å². The third-order valence-corrected chi connectivity index (χ3v) is 4.10. The molecule has 0 bridgehead atoms. The van der Waals surface area contributed by atoms with Gasteiger partial charge in [0.05, 0.1) is 0 Å². The first kappa shape index (κ1) is 17.0. The summed E-state index contributed by atoms with van der Waals surface area (Å²) in [6.07, 6.45) is 2.24. The number of nitrogens with two attached hydrogens (primary N) is 1. The number of hydrogen-bond donors (Lipinski definition) is 3. The minimum Gasteiger partial charge on any atom is -0.344 e. The maximum Gasteiger partial charge on any atom is 0.248 e. The van der Waals surface area contributed by atoms with Crippen LogP contribution in [-0.2, 0) is 22.4 Å². The van der Waals surface area contributed by atoms with Crippen molar-refractivity contribution in [2.24, 2.45) is 5.73 Å². The Labute approximate surface area is 144 Å². The molecule has 130 valence electrons. The normalized spacial score (nSPS) is 17.4. The molecule has 1 aliphatic rings. The van der Waals surface area contributed by atoms with Crippen molar-refractivity contribution < 1.29 is 14.0 Å². The molecule has 0 spiro atoms. The molecule has 6 nitrogen and oxygen atoms in total. The molecular weight excluding hydrogens is 323 g/mol. The van der Waals surface area contributed by atoms with Gasteiger partial charge in [0.2, 0.25) is 11.8 Å². The molecule has 2 heterocycles. The predicted octanol–water partition coefficient (Wildman–Crippen LogP) is 1.16. The molecule has 25 heavy (non-hydrogen) atoms. The van der Waals surface area contributed by atoms with Crippen molar-refractivity contribution in [2.75, 3.05) is 5.32 Å². The fourth-order valence-corrected chi connectivity index (χ4v) is 2.86. The maximum atomic E-state index is 13.6. The van der Waals surface area contributed by atoms with Crippen molar-refractivity contribution >= 4 is 17.6 Å². The van der Waals surface area contributed by atoms with Crippen molar-refractivity contribution in [2.45, 2.75) is 31.3 Å². The van der Waals surface area contributed by atoms with Crippen LogP contribution in [0.25, 0.3) is 0 Å². The molecule has 1 aromatic carbocycles. The molecule has 0 saturated carbocycles. The lowest BCUT2D eigenvalue weighted by Crippen LogP contribution is -2.49. The molecule has 1 aromatic heterocycles. The van der Waals surface area contributed by atoms with Gasteiger partial charge in [-0.1, -0.05) is 24.3 Å². The number of amides is 2. The second-order valence-electron chi connectivity index (χ2n) is 6.08. The lowest BCUT2D eigenvalue weighted by atomic mass is 10.0. The summed E-state index contributed by atoms with van der Waals surface area (Å²) in [4.78, 5) is 28.3. The largest absolute Gasteiger partial charge is 0.344 e. The average molecular weight is 342 g/mol. The first-order valence-electron chi connectivity index (χ1n) is 8.06. The fourth-order valence-electron chi connectivity index (χ4n) is 2.86. The summed E-state index contributed by atoms with van der Waals surface area (Å²) in [6.45, 7) is 0. The van der Waals surface area contributed by atoms with Crippen LogP contribution in [0.4, 0.5) is 10.2 Å². The maximum absolute atomic E-state index is 13.6. The molecule has 0 radical (unpaired) electrons. The van der Waals surface area contributed by atoms with Crippen LogP contribution < -0.4 is 16.4 Å². The van der Waals surface area contributed by atoms with E-state index in [1.807, 2.05) is 6.07 Å². The summed E-state index contributed by atoms with van der Waals surface area (Å²) >= 11 is 0. The number of anilines is 1. The number of benzene rings is 1. The molecule has 2 amide bonds. The molecule has 2 aromatic rings. The average Bonchev–Trinajstić information content (AvgIpc) is 2.57. The van der Waals surface area contributed by atoms with E-state index in [0.717, 1.165) is 5.56 Å². The minimum atomic E-state index is -0.662. The van der Waals surface area contributed by atoms with Gasteiger partial charge in [0.15, 0.2) is 0 Å². The van der Waals surface area contributed by atoms with E-state index >= 15 is 0 Å². The van der Waals surface area contributed by atoms with E-state index in [1.165, 1.54) is 6.07 Å². The molecule has 0 aliphatic carbocycles. The number of pyridine rings is 1. The molecule has 0 saturated heterocycles. The topological polar surface area (TPSA) is 97.1 Å². The third-order valence-electron chi connectivity index (χ3n) is 4.10. The van der Waals surface area contributed by atoms with Crippen LogP contribution in [-0.4, -0.2) is 28.9 Å². The Morgan fingerprint density at radius 2 is 2.16 bits per heavy atom. The first-order valence-corrected chi connectivity index (χ1v) is 8.06. The summed E-state index contributed by atoms with van der Waals surface area (Å²) in [5.74, 6) is -0.457. The highest BCUT2D eigenvalue weighted by Gasteiger charge is 2.28. The second-order valence-corrected chi connectivity index (χ2v) is 6.08. The smallest absolute Gasteiger partial charge is 0.248 e. The predicted molar refractivity (Wildman–Crippen MR) is 91.2 cm³/mol. The molecule has 4 N–H and O–H groups in total. The summed E-state index contributed by atoms with van der Waals surface area (Å²) in [5.41, 5.74) is 7.29. The molecular formula is C18H19FN4O2. The van der Waals surface area contributed by atoms with E-state index in [-0.39, 0.29) is 30.5 Å². The van der Waals surface area contributed by atoms with Gasteiger partial charge in [0.1, 0.15) is 17.7 Å². The zero-order valence-corrected chi connectivity index (χ0v) is 13.5. The zero-order valence-electron chi connectivity index (χ0n) is 13.5. The van der Waals surface area contributed by atoms with Gasteiger partial charge in [-0.3, -0.25) is 9.59 Å². The molecule has 7 heteroatoms. The number of carbonyl (C=O) groups excluding carboxylic acids is 2. The van der Waals surface area contributed by atoms with Gasteiger partial charge in [-0.05, 0) is 29.7 Å². The van der Waals surface area contributed by atoms with Crippen molar-refractivity contribution in [3.63, 3.8) is 0 Å². The number of halogens is 1. The van der Waals surface area contributed by atoms with Crippen LogP contribution >= 0.6 is 0 Å². The van der Waals surface area contributed by atoms with Crippen LogP contribution in [0, 0.1) is 5.82 Å². The van der Waals surface area contributed by atoms with Gasteiger partial charge in [0, 0.05) is 25.1 Å². The fraction of sp³-hybridized carbons (Fsp3) is 0.278. The van der Waals surface area contributed by atoms with Crippen molar-refractivity contribution in [1.82, 2.24) is 10.3 Å². The van der Waals surface area contributed by atoms with Crippen molar-refractivity contribution in [1.29, 1.82) is 0 Å². The van der Waals surface area contributed by atoms with Crippen LogP contribution in [0.3, 0.4) is 0 Å².